The molecule has 0 spiro atoms. The Bertz CT molecular complexity index is 1530. The van der Waals surface area contributed by atoms with Crippen molar-refractivity contribution in [3.8, 4) is 17.2 Å². The van der Waals surface area contributed by atoms with Gasteiger partial charge in [-0.05, 0) is 85.8 Å². The van der Waals surface area contributed by atoms with Gasteiger partial charge in [-0.2, -0.15) is 5.10 Å². The van der Waals surface area contributed by atoms with Gasteiger partial charge in [0.15, 0.2) is 0 Å². The smallest absolute Gasteiger partial charge is 0.339 e. The quantitative estimate of drug-likeness (QED) is 0.188. The van der Waals surface area contributed by atoms with E-state index in [0.717, 1.165) is 33.8 Å². The number of nitrogens with zero attached hydrogens (tertiary/aromatic N) is 3. The van der Waals surface area contributed by atoms with Gasteiger partial charge in [-0.3, -0.25) is 0 Å². The molecule has 0 saturated heterocycles. The highest BCUT2D eigenvalue weighted by molar-refractivity contribution is 6.37. The number of carbonyl (C=O) groups is 1. The van der Waals surface area contributed by atoms with Crippen LogP contribution in [0.1, 0.15) is 66.4 Å². The number of ether oxygens (including phenoxy) is 2. The molecule has 7 nitrogen and oxygen atoms in total. The number of carboxylic acid groups (broad SMARTS) is 1. The number of halogens is 2. The van der Waals surface area contributed by atoms with Crippen LogP contribution < -0.4 is 14.4 Å². The van der Waals surface area contributed by atoms with Gasteiger partial charge in [0.25, 0.3) is 0 Å². The van der Waals surface area contributed by atoms with E-state index in [-0.39, 0.29) is 24.2 Å². The molecule has 216 valence electrons. The Labute approximate surface area is 251 Å². The van der Waals surface area contributed by atoms with E-state index < -0.39 is 5.97 Å². The third-order valence-corrected chi connectivity index (χ3v) is 7.30. The molecule has 3 aromatic carbocycles. The van der Waals surface area contributed by atoms with Gasteiger partial charge in [0.1, 0.15) is 29.4 Å². The Balaban J connectivity index is 1.53. The van der Waals surface area contributed by atoms with Crippen molar-refractivity contribution in [1.29, 1.82) is 0 Å². The molecule has 0 amide bonds. The SMILES string of the molecule is Cc1cc(OCc2c(C(C)C)cnn2-c2c(Cl)cccc2Cl)ccc1N(C)Cc1ccc(C(=O)O)c(OC(C)C)c1. The second kappa shape index (κ2) is 12.9. The van der Waals surface area contributed by atoms with Crippen LogP contribution >= 0.6 is 23.2 Å². The molecule has 0 fully saturated rings. The maximum absolute atomic E-state index is 11.6. The Morgan fingerprint density at radius 1 is 1.05 bits per heavy atom. The molecule has 0 aliphatic carbocycles. The van der Waals surface area contributed by atoms with Crippen LogP contribution in [0.15, 0.2) is 60.8 Å². The number of anilines is 1. The van der Waals surface area contributed by atoms with Gasteiger partial charge >= 0.3 is 5.97 Å². The molecule has 0 saturated carbocycles. The minimum atomic E-state index is -1.01. The monoisotopic (exact) mass is 595 g/mol. The summed E-state index contributed by atoms with van der Waals surface area (Å²) in [4.78, 5) is 13.7. The number of benzene rings is 3. The predicted molar refractivity (Wildman–Crippen MR) is 164 cm³/mol. The number of hydrogen-bond donors (Lipinski definition) is 1. The topological polar surface area (TPSA) is 76.8 Å². The maximum atomic E-state index is 11.6. The highest BCUT2D eigenvalue weighted by atomic mass is 35.5. The van der Waals surface area contributed by atoms with E-state index in [9.17, 15) is 9.90 Å². The van der Waals surface area contributed by atoms with Crippen molar-refractivity contribution in [3.63, 3.8) is 0 Å². The fraction of sp³-hybridized carbons (Fsp3) is 0.312. The largest absolute Gasteiger partial charge is 0.490 e. The van der Waals surface area contributed by atoms with E-state index in [1.807, 2.05) is 64.3 Å². The van der Waals surface area contributed by atoms with Crippen molar-refractivity contribution in [1.82, 2.24) is 9.78 Å². The van der Waals surface area contributed by atoms with Gasteiger partial charge in [0, 0.05) is 19.3 Å². The molecule has 9 heteroatoms. The molecular formula is C32H35Cl2N3O4. The molecule has 0 radical (unpaired) electrons. The average molecular weight is 597 g/mol. The molecular weight excluding hydrogens is 561 g/mol. The third-order valence-electron chi connectivity index (χ3n) is 6.69. The fourth-order valence-corrected chi connectivity index (χ4v) is 5.30. The molecule has 4 aromatic rings. The van der Waals surface area contributed by atoms with Crippen LogP contribution in [0.4, 0.5) is 5.69 Å². The van der Waals surface area contributed by atoms with Crippen LogP contribution in [0.2, 0.25) is 10.0 Å². The van der Waals surface area contributed by atoms with E-state index in [1.54, 1.807) is 28.9 Å². The summed E-state index contributed by atoms with van der Waals surface area (Å²) in [5.41, 5.74) is 5.75. The van der Waals surface area contributed by atoms with Gasteiger partial charge in [-0.25, -0.2) is 9.48 Å². The van der Waals surface area contributed by atoms with Crippen LogP contribution in [-0.2, 0) is 13.2 Å². The van der Waals surface area contributed by atoms with Crippen LogP contribution in [-0.4, -0.2) is 34.0 Å². The normalized spacial score (nSPS) is 11.3. The van der Waals surface area contributed by atoms with Crippen LogP contribution in [0.25, 0.3) is 5.69 Å². The van der Waals surface area contributed by atoms with Crippen molar-refractivity contribution < 1.29 is 19.4 Å². The number of carboxylic acids is 1. The van der Waals surface area contributed by atoms with E-state index in [0.29, 0.717) is 28.0 Å². The number of aromatic nitrogens is 2. The highest BCUT2D eigenvalue weighted by Crippen LogP contribution is 2.33. The highest BCUT2D eigenvalue weighted by Gasteiger charge is 2.20. The lowest BCUT2D eigenvalue weighted by atomic mass is 10.0. The number of para-hydroxylation sites is 1. The van der Waals surface area contributed by atoms with E-state index in [2.05, 4.69) is 23.8 Å². The molecule has 1 heterocycles. The zero-order valence-electron chi connectivity index (χ0n) is 24.1. The number of rotatable bonds is 11. The van der Waals surface area contributed by atoms with Gasteiger partial charge < -0.3 is 19.5 Å². The third kappa shape index (κ3) is 6.97. The van der Waals surface area contributed by atoms with E-state index in [4.69, 9.17) is 32.7 Å². The molecule has 0 bridgehead atoms. The zero-order chi connectivity index (χ0) is 29.8. The lowest BCUT2D eigenvalue weighted by molar-refractivity contribution is 0.0690. The Morgan fingerprint density at radius 2 is 1.76 bits per heavy atom. The molecule has 0 unspecified atom stereocenters. The van der Waals surface area contributed by atoms with E-state index in [1.165, 1.54) is 0 Å². The first kappa shape index (κ1) is 30.3. The average Bonchev–Trinajstić information content (AvgIpc) is 3.30. The second-order valence-corrected chi connectivity index (χ2v) is 11.4. The first-order valence-corrected chi connectivity index (χ1v) is 14.2. The molecule has 0 aliphatic heterocycles. The molecule has 4 rings (SSSR count). The fourth-order valence-electron chi connectivity index (χ4n) is 4.75. The standard InChI is InChI=1S/C32H35Cl2N3O4/c1-19(2)25-16-35-37(31-26(33)8-7-9-27(31)34)29(25)18-40-23-11-13-28(21(5)14-23)36(6)17-22-10-12-24(32(38)39)30(15-22)41-20(3)4/h7-16,19-20H,17-18H2,1-6H3,(H,38,39). The van der Waals surface area contributed by atoms with Crippen LogP contribution in [0, 0.1) is 6.92 Å². The number of aromatic carboxylic acids is 1. The van der Waals surface area contributed by atoms with Crippen molar-refractivity contribution in [3.05, 3.63) is 98.8 Å². The van der Waals surface area contributed by atoms with Gasteiger partial charge in [-0.15, -0.1) is 0 Å². The van der Waals surface area contributed by atoms with Crippen LogP contribution in [0.5, 0.6) is 11.5 Å². The summed E-state index contributed by atoms with van der Waals surface area (Å²) >= 11 is 13.0. The summed E-state index contributed by atoms with van der Waals surface area (Å²) in [6, 6.07) is 16.6. The number of hydrogen-bond acceptors (Lipinski definition) is 5. The van der Waals surface area contributed by atoms with Crippen LogP contribution in [0.3, 0.4) is 0 Å². The minimum absolute atomic E-state index is 0.132. The summed E-state index contributed by atoms with van der Waals surface area (Å²) in [7, 11) is 2.00. The summed E-state index contributed by atoms with van der Waals surface area (Å²) < 4.78 is 13.8. The van der Waals surface area contributed by atoms with Gasteiger partial charge in [-0.1, -0.05) is 49.2 Å². The van der Waals surface area contributed by atoms with Crippen molar-refractivity contribution in [2.24, 2.45) is 0 Å². The first-order chi connectivity index (χ1) is 19.5. The summed E-state index contributed by atoms with van der Waals surface area (Å²) in [6.07, 6.45) is 1.71. The molecule has 1 aromatic heterocycles. The lowest BCUT2D eigenvalue weighted by Gasteiger charge is -2.23. The molecule has 0 atom stereocenters. The van der Waals surface area contributed by atoms with Crippen molar-refractivity contribution >= 4 is 34.9 Å². The molecule has 0 aliphatic rings. The molecule has 41 heavy (non-hydrogen) atoms. The lowest BCUT2D eigenvalue weighted by Crippen LogP contribution is -2.18. The second-order valence-electron chi connectivity index (χ2n) is 10.6. The summed E-state index contributed by atoms with van der Waals surface area (Å²) in [5, 5.41) is 15.1. The summed E-state index contributed by atoms with van der Waals surface area (Å²) in [6.45, 7) is 10.9. The Hall–Kier alpha value is -3.68. The van der Waals surface area contributed by atoms with Gasteiger partial charge in [0.05, 0.1) is 28.0 Å². The Morgan fingerprint density at radius 3 is 2.37 bits per heavy atom. The predicted octanol–water partition coefficient (Wildman–Crippen LogP) is 8.31. The Kier molecular flexibility index (Phi) is 9.51. The zero-order valence-corrected chi connectivity index (χ0v) is 25.6. The van der Waals surface area contributed by atoms with Gasteiger partial charge in [0.2, 0.25) is 0 Å². The molecule has 1 N–H and O–H groups in total. The van der Waals surface area contributed by atoms with E-state index >= 15 is 0 Å². The maximum Gasteiger partial charge on any atom is 0.339 e. The van der Waals surface area contributed by atoms with Crippen molar-refractivity contribution in [2.45, 2.75) is 59.8 Å². The number of aryl methyl sites for hydroxylation is 1. The van der Waals surface area contributed by atoms with Crippen molar-refractivity contribution in [2.75, 3.05) is 11.9 Å². The minimum Gasteiger partial charge on any atom is -0.490 e. The first-order valence-electron chi connectivity index (χ1n) is 13.4. The summed E-state index contributed by atoms with van der Waals surface area (Å²) in [5.74, 6) is 0.325.